The minimum Gasteiger partial charge on any atom is -0.310 e. The van der Waals surface area contributed by atoms with Crippen molar-refractivity contribution in [3.63, 3.8) is 0 Å². The van der Waals surface area contributed by atoms with Gasteiger partial charge in [-0.1, -0.05) is 384 Å². The predicted octanol–water partition coefficient (Wildman–Crippen LogP) is 34.4. The van der Waals surface area contributed by atoms with Gasteiger partial charge in [-0.2, -0.15) is 0 Å². The lowest BCUT2D eigenvalue weighted by atomic mass is 9.33. The van der Waals surface area contributed by atoms with Crippen LogP contribution in [-0.4, -0.2) is 15.8 Å². The van der Waals surface area contributed by atoms with Gasteiger partial charge < -0.3 is 18.9 Å². The van der Waals surface area contributed by atoms with Crippen molar-refractivity contribution in [2.75, 3.05) is 9.80 Å². The number of benzene rings is 18. The predicted molar refractivity (Wildman–Crippen MR) is 581 cm³/mol. The summed E-state index contributed by atoms with van der Waals surface area (Å²) >= 11 is 0. The Balaban J connectivity index is 0.932. The first-order valence-corrected chi connectivity index (χ1v) is 48.4. The number of rotatable bonds is 15. The second-order valence-electron chi connectivity index (χ2n) is 42.5. The van der Waals surface area contributed by atoms with Crippen LogP contribution in [0.15, 0.2) is 394 Å². The smallest absolute Gasteiger partial charge is 0.252 e. The molecule has 22 rings (SSSR count). The molecule has 0 amide bonds. The molecule has 2 aliphatic rings. The molecule has 2 aliphatic heterocycles. The normalized spacial score (nSPS) is 12.8. The standard InChI is InChI=1S/C130H115BN4/c1-82(2)88-57-63-118-112(71-88)106-53-29-31-55-116(106)132(118)104-59-61-114-120(80-104)134(125-108(86-41-25-19-26-42-86)76-102(129(11,12)13)78-110(125)96-51-35-49-94(67-96)92-47-33-45-90(65-92)84-37-21-17-22-38-84)122-73-99(98-69-100(127(5,6)7)75-101(70-98)128(8,9)10)74-123-124(122)131(114)115-62-60-105(133-117-56-32-30-54-107(117)113-72-89(83(3)4)58-64-119(113)133)81-121(115)135(123)126-109(87-43-27-20-28-44-87)77-103(130(14,15)16)79-111(126)97-52-36-50-95(68-97)93-48-34-46-91(66-93)85-39-23-18-24-40-85/h17-83H,1-16H3. The van der Waals surface area contributed by atoms with Crippen molar-refractivity contribution >= 4 is 101 Å². The summed E-state index contributed by atoms with van der Waals surface area (Å²) in [5, 5.41) is 4.94. The summed E-state index contributed by atoms with van der Waals surface area (Å²) in [6, 6.07) is 153. The minimum atomic E-state index is -0.357. The van der Waals surface area contributed by atoms with Gasteiger partial charge in [0.1, 0.15) is 0 Å². The number of anilines is 6. The van der Waals surface area contributed by atoms with Crippen molar-refractivity contribution in [2.45, 2.75) is 144 Å². The molecule has 0 aliphatic carbocycles. The fraction of sp³-hybridized carbons (Fsp3) is 0.169. The molecule has 0 fully saturated rings. The highest BCUT2D eigenvalue weighted by Gasteiger charge is 2.47. The molecule has 20 aromatic rings. The molecule has 0 bridgehead atoms. The Bertz CT molecular complexity index is 7610. The Labute approximate surface area is 797 Å². The summed E-state index contributed by atoms with van der Waals surface area (Å²) in [4.78, 5) is 5.59. The second-order valence-corrected chi connectivity index (χ2v) is 42.5. The Morgan fingerprint density at radius 1 is 0.207 bits per heavy atom. The van der Waals surface area contributed by atoms with Crippen molar-refractivity contribution < 1.29 is 0 Å². The van der Waals surface area contributed by atoms with Crippen LogP contribution in [0.3, 0.4) is 0 Å². The van der Waals surface area contributed by atoms with Gasteiger partial charge in [0.25, 0.3) is 6.71 Å². The summed E-state index contributed by atoms with van der Waals surface area (Å²) in [7, 11) is 0. The van der Waals surface area contributed by atoms with Gasteiger partial charge in [0, 0.05) is 77.9 Å². The summed E-state index contributed by atoms with van der Waals surface area (Å²) in [6.07, 6.45) is 0. The molecule has 0 atom stereocenters. The number of fused-ring (bicyclic) bond motifs is 10. The molecule has 5 heteroatoms. The van der Waals surface area contributed by atoms with Crippen LogP contribution >= 0.6 is 0 Å². The number of para-hydroxylation sites is 2. The van der Waals surface area contributed by atoms with Gasteiger partial charge >= 0.3 is 0 Å². The molecule has 135 heavy (non-hydrogen) atoms. The first-order valence-electron chi connectivity index (χ1n) is 48.4. The van der Waals surface area contributed by atoms with Crippen LogP contribution in [0.1, 0.15) is 156 Å². The quantitative estimate of drug-likeness (QED) is 0.0951. The third kappa shape index (κ3) is 15.3. The van der Waals surface area contributed by atoms with E-state index in [0.29, 0.717) is 11.8 Å². The van der Waals surface area contributed by atoms with E-state index in [4.69, 9.17) is 0 Å². The first kappa shape index (κ1) is 85.7. The van der Waals surface area contributed by atoms with Crippen molar-refractivity contribution in [3.8, 4) is 112 Å². The number of aromatic nitrogens is 2. The molecule has 658 valence electrons. The Kier molecular flexibility index (Phi) is 21.0. The maximum Gasteiger partial charge on any atom is 0.252 e. The molecule has 0 unspecified atom stereocenters. The third-order valence-electron chi connectivity index (χ3n) is 28.8. The number of hydrogen-bond donors (Lipinski definition) is 0. The molecule has 0 N–H and O–H groups in total. The summed E-state index contributed by atoms with van der Waals surface area (Å²) in [6.45, 7) is 37.6. The van der Waals surface area contributed by atoms with E-state index in [9.17, 15) is 0 Å². The minimum absolute atomic E-state index is 0.226. The van der Waals surface area contributed by atoms with Crippen molar-refractivity contribution in [3.05, 3.63) is 428 Å². The molecule has 0 spiro atoms. The van der Waals surface area contributed by atoms with E-state index in [-0.39, 0.29) is 28.4 Å². The second kappa shape index (κ2) is 33.1. The zero-order valence-electron chi connectivity index (χ0n) is 80.5. The van der Waals surface area contributed by atoms with Gasteiger partial charge in [-0.15, -0.1) is 0 Å². The summed E-state index contributed by atoms with van der Waals surface area (Å²) in [5.74, 6) is 0.671. The van der Waals surface area contributed by atoms with Crippen molar-refractivity contribution in [2.24, 2.45) is 0 Å². The fourth-order valence-electron chi connectivity index (χ4n) is 21.3. The van der Waals surface area contributed by atoms with Gasteiger partial charge in [-0.3, -0.25) is 0 Å². The van der Waals surface area contributed by atoms with Gasteiger partial charge in [0.2, 0.25) is 0 Å². The zero-order valence-corrected chi connectivity index (χ0v) is 80.5. The van der Waals surface area contributed by atoms with E-state index < -0.39 is 0 Å². The van der Waals surface area contributed by atoms with Crippen LogP contribution in [0.25, 0.3) is 155 Å². The molecule has 2 aromatic heterocycles. The molecule has 4 nitrogen and oxygen atoms in total. The summed E-state index contributed by atoms with van der Waals surface area (Å²) in [5.41, 5.74) is 44.3. The van der Waals surface area contributed by atoms with Gasteiger partial charge in [0.15, 0.2) is 0 Å². The lowest BCUT2D eigenvalue weighted by Crippen LogP contribution is -2.61. The van der Waals surface area contributed by atoms with Crippen LogP contribution < -0.4 is 26.2 Å². The molecule has 0 saturated carbocycles. The molecular weight excluding hydrogens is 1630 g/mol. The fourth-order valence-corrected chi connectivity index (χ4v) is 21.3. The lowest BCUT2D eigenvalue weighted by Gasteiger charge is -2.46. The number of hydrogen-bond acceptors (Lipinski definition) is 2. The average Bonchev–Trinajstić information content (AvgIpc) is 0.842. The first-order chi connectivity index (χ1) is 65.1. The van der Waals surface area contributed by atoms with Crippen LogP contribution in [0.5, 0.6) is 0 Å². The lowest BCUT2D eigenvalue weighted by molar-refractivity contribution is 0.569. The highest BCUT2D eigenvalue weighted by Crippen LogP contribution is 2.57. The van der Waals surface area contributed by atoms with Gasteiger partial charge in [-0.05, 0) is 282 Å². The Hall–Kier alpha value is -14.8. The molecule has 18 aromatic carbocycles. The third-order valence-corrected chi connectivity index (χ3v) is 28.8. The van der Waals surface area contributed by atoms with Crippen molar-refractivity contribution in [1.29, 1.82) is 0 Å². The van der Waals surface area contributed by atoms with Crippen LogP contribution in [-0.2, 0) is 21.7 Å². The maximum atomic E-state index is 2.79. The Morgan fingerprint density at radius 2 is 0.496 bits per heavy atom. The monoisotopic (exact) mass is 1740 g/mol. The van der Waals surface area contributed by atoms with E-state index in [1.165, 1.54) is 105 Å². The highest BCUT2D eigenvalue weighted by atomic mass is 15.2. The highest BCUT2D eigenvalue weighted by molar-refractivity contribution is 7.00. The van der Waals surface area contributed by atoms with Gasteiger partial charge in [-0.25, -0.2) is 0 Å². The average molecular weight is 1740 g/mol. The maximum absolute atomic E-state index is 2.79. The topological polar surface area (TPSA) is 16.3 Å². The SMILES string of the molecule is CC(C)c1ccc2c(c1)c1ccccc1n2-c1ccc2c(c1)N(c1c(-c3ccccc3)cc(C(C)(C)C)cc1-c1cccc(-c3cccc(-c4ccccc4)c3)c1)c1cc(-c3cc(C(C)(C)C)cc(C(C)(C)C)c3)cc3c1B2c1ccc(-n2c4ccccc4c4cc(C(C)C)ccc42)cc1N3c1c(-c2ccccc2)cc(C(C)(C)C)cc1-c1cccc(-c2cccc(-c3ccccc3)c2)c1. The molecule has 0 saturated heterocycles. The molecular formula is C130H115BN4. The van der Waals surface area contributed by atoms with Crippen LogP contribution in [0, 0.1) is 0 Å². The van der Waals surface area contributed by atoms with E-state index >= 15 is 0 Å². The Morgan fingerprint density at radius 3 is 0.852 bits per heavy atom. The van der Waals surface area contributed by atoms with Crippen molar-refractivity contribution in [1.82, 2.24) is 9.13 Å². The van der Waals surface area contributed by atoms with E-state index in [1.807, 2.05) is 0 Å². The zero-order chi connectivity index (χ0) is 92.8. The van der Waals surface area contributed by atoms with E-state index in [0.717, 1.165) is 134 Å². The van der Waals surface area contributed by atoms with Crippen LogP contribution in [0.4, 0.5) is 34.1 Å². The van der Waals surface area contributed by atoms with Crippen LogP contribution in [0.2, 0.25) is 0 Å². The molecule has 4 heterocycles. The van der Waals surface area contributed by atoms with E-state index in [2.05, 4.69) is 524 Å². The van der Waals surface area contributed by atoms with E-state index in [1.54, 1.807) is 0 Å². The molecule has 0 radical (unpaired) electrons. The summed E-state index contributed by atoms with van der Waals surface area (Å²) < 4.78 is 5.12. The number of nitrogens with zero attached hydrogens (tertiary/aromatic N) is 4. The largest absolute Gasteiger partial charge is 0.310 e. The van der Waals surface area contributed by atoms with Gasteiger partial charge in [0.05, 0.1) is 33.4 Å².